The van der Waals surface area contributed by atoms with Crippen LogP contribution in [0.3, 0.4) is 0 Å². The minimum Gasteiger partial charge on any atom is -0.490 e. The lowest BCUT2D eigenvalue weighted by Crippen LogP contribution is -2.32. The van der Waals surface area contributed by atoms with E-state index in [-0.39, 0.29) is 11.5 Å². The van der Waals surface area contributed by atoms with Crippen molar-refractivity contribution < 1.29 is 18.9 Å². The predicted octanol–water partition coefficient (Wildman–Crippen LogP) is 3.57. The van der Waals surface area contributed by atoms with Crippen molar-refractivity contribution in [3.05, 3.63) is 62.7 Å². The van der Waals surface area contributed by atoms with Crippen molar-refractivity contribution in [2.75, 3.05) is 25.4 Å². The number of anilines is 1. The average molecular weight is 525 g/mol. The second-order valence-electron chi connectivity index (χ2n) is 6.65. The van der Waals surface area contributed by atoms with Crippen molar-refractivity contribution in [3.63, 3.8) is 0 Å². The summed E-state index contributed by atoms with van der Waals surface area (Å²) >= 11 is 9.79. The Labute approximate surface area is 198 Å². The molecular weight excluding hydrogens is 502 g/mol. The number of carbonyl (C=O) groups excluding carboxylic acids is 1. The summed E-state index contributed by atoms with van der Waals surface area (Å²) in [4.78, 5) is 11.9. The van der Waals surface area contributed by atoms with Crippen LogP contribution in [0.1, 0.15) is 28.5 Å². The molecule has 1 heterocycles. The van der Waals surface area contributed by atoms with Crippen LogP contribution in [0.2, 0.25) is 5.02 Å². The molecule has 0 atom stereocenters. The zero-order chi connectivity index (χ0) is 22.9. The summed E-state index contributed by atoms with van der Waals surface area (Å²) in [5, 5.41) is 13.4. The number of aromatic nitrogens is 2. The van der Waals surface area contributed by atoms with Crippen LogP contribution in [0, 0.1) is 0 Å². The third-order valence-electron chi connectivity index (χ3n) is 4.34. The first-order valence-electron chi connectivity index (χ1n) is 9.88. The number of hydrogen-bond acceptors (Lipinski definition) is 8. The highest BCUT2D eigenvalue weighted by atomic mass is 79.9. The van der Waals surface area contributed by atoms with Crippen molar-refractivity contribution in [2.45, 2.75) is 20.1 Å². The van der Waals surface area contributed by atoms with E-state index in [4.69, 9.17) is 26.8 Å². The summed E-state index contributed by atoms with van der Waals surface area (Å²) in [5.74, 6) is 0.766. The molecule has 1 amide bonds. The largest absolute Gasteiger partial charge is 0.490 e. The lowest BCUT2D eigenvalue weighted by atomic mass is 10.2. The van der Waals surface area contributed by atoms with Crippen molar-refractivity contribution in [1.82, 2.24) is 20.9 Å². The molecule has 0 fully saturated rings. The number of nitrogen functional groups attached to an aromatic ring is 1. The summed E-state index contributed by atoms with van der Waals surface area (Å²) in [6, 6.07) is 11.4. The maximum atomic E-state index is 11.9. The summed E-state index contributed by atoms with van der Waals surface area (Å²) < 4.78 is 17.0. The maximum Gasteiger partial charge on any atom is 0.277 e. The average Bonchev–Trinajstić information content (AvgIpc) is 3.20. The fraction of sp³-hybridized carbons (Fsp3) is 0.286. The van der Waals surface area contributed by atoms with Crippen molar-refractivity contribution in [2.24, 2.45) is 0 Å². The molecule has 2 aromatic carbocycles. The SMILES string of the molecule is CCOc1cc(CNCCNC(=O)c2nonc2N)cc(Br)c1OCc1ccccc1Cl. The van der Waals surface area contributed by atoms with Gasteiger partial charge in [-0.05, 0) is 56.9 Å². The second-order valence-corrected chi connectivity index (χ2v) is 7.91. The van der Waals surface area contributed by atoms with Gasteiger partial charge < -0.3 is 25.8 Å². The van der Waals surface area contributed by atoms with Crippen LogP contribution in [0.5, 0.6) is 11.5 Å². The van der Waals surface area contributed by atoms with Crippen LogP contribution in [0.4, 0.5) is 5.82 Å². The Kier molecular flexibility index (Phi) is 8.72. The number of benzene rings is 2. The smallest absolute Gasteiger partial charge is 0.277 e. The minimum absolute atomic E-state index is 0.0253. The number of rotatable bonds is 11. The first-order valence-corrected chi connectivity index (χ1v) is 11.0. The first kappa shape index (κ1) is 23.8. The molecule has 0 spiro atoms. The minimum atomic E-state index is -0.438. The van der Waals surface area contributed by atoms with E-state index in [1.807, 2.05) is 43.3 Å². The molecule has 4 N–H and O–H groups in total. The number of ether oxygens (including phenoxy) is 2. The molecule has 11 heteroatoms. The number of nitrogens with zero attached hydrogens (tertiary/aromatic N) is 2. The molecule has 0 aliphatic carbocycles. The van der Waals surface area contributed by atoms with Gasteiger partial charge in [0.15, 0.2) is 11.5 Å². The lowest BCUT2D eigenvalue weighted by Gasteiger charge is -2.16. The molecule has 3 aromatic rings. The highest BCUT2D eigenvalue weighted by molar-refractivity contribution is 9.10. The van der Waals surface area contributed by atoms with Gasteiger partial charge in [0.05, 0.1) is 11.1 Å². The van der Waals surface area contributed by atoms with Gasteiger partial charge in [0, 0.05) is 30.2 Å². The molecule has 3 rings (SSSR count). The van der Waals surface area contributed by atoms with Crippen LogP contribution in [0.25, 0.3) is 0 Å². The number of nitrogens with one attached hydrogen (secondary N) is 2. The lowest BCUT2D eigenvalue weighted by molar-refractivity contribution is 0.0944. The monoisotopic (exact) mass is 523 g/mol. The molecule has 0 unspecified atom stereocenters. The maximum absolute atomic E-state index is 11.9. The first-order chi connectivity index (χ1) is 15.5. The Hall–Kier alpha value is -2.82. The van der Waals surface area contributed by atoms with Crippen molar-refractivity contribution >= 4 is 39.3 Å². The topological polar surface area (TPSA) is 125 Å². The Balaban J connectivity index is 1.55. The third kappa shape index (κ3) is 6.35. The Morgan fingerprint density at radius 1 is 1.22 bits per heavy atom. The van der Waals surface area contributed by atoms with Gasteiger partial charge in [0.1, 0.15) is 6.61 Å². The molecule has 170 valence electrons. The summed E-state index contributed by atoms with van der Waals surface area (Å²) in [6.07, 6.45) is 0. The molecule has 0 aliphatic heterocycles. The van der Waals surface area contributed by atoms with Gasteiger partial charge in [-0.15, -0.1) is 0 Å². The van der Waals surface area contributed by atoms with Crippen LogP contribution in [-0.2, 0) is 13.2 Å². The van der Waals surface area contributed by atoms with Gasteiger partial charge in [0.2, 0.25) is 11.5 Å². The van der Waals surface area contributed by atoms with Gasteiger partial charge in [-0.2, -0.15) is 0 Å². The highest BCUT2D eigenvalue weighted by Gasteiger charge is 2.15. The van der Waals surface area contributed by atoms with Crippen molar-refractivity contribution in [3.8, 4) is 11.5 Å². The molecule has 0 saturated carbocycles. The van der Waals surface area contributed by atoms with Gasteiger partial charge in [-0.1, -0.05) is 29.8 Å². The van der Waals surface area contributed by atoms with Gasteiger partial charge in [0.25, 0.3) is 5.91 Å². The van der Waals surface area contributed by atoms with Gasteiger partial charge in [-0.25, -0.2) is 4.63 Å². The summed E-state index contributed by atoms with van der Waals surface area (Å²) in [5.41, 5.74) is 7.35. The fourth-order valence-corrected chi connectivity index (χ4v) is 3.62. The van der Waals surface area contributed by atoms with E-state index in [0.717, 1.165) is 15.6 Å². The van der Waals surface area contributed by atoms with Crippen LogP contribution in [0.15, 0.2) is 45.5 Å². The number of carbonyl (C=O) groups is 1. The second kappa shape index (κ2) is 11.7. The molecule has 1 aromatic heterocycles. The molecule has 0 bridgehead atoms. The van der Waals surface area contributed by atoms with Gasteiger partial charge in [-0.3, -0.25) is 4.79 Å². The number of amides is 1. The van der Waals surface area contributed by atoms with E-state index in [0.29, 0.717) is 49.4 Å². The van der Waals surface area contributed by atoms with E-state index in [9.17, 15) is 4.79 Å². The molecule has 0 saturated heterocycles. The summed E-state index contributed by atoms with van der Waals surface area (Å²) in [7, 11) is 0. The fourth-order valence-electron chi connectivity index (χ4n) is 2.83. The van der Waals surface area contributed by atoms with E-state index in [1.54, 1.807) is 0 Å². The molecule has 32 heavy (non-hydrogen) atoms. The molecule has 0 aliphatic rings. The Morgan fingerprint density at radius 2 is 2.03 bits per heavy atom. The number of nitrogens with two attached hydrogens (primary N) is 1. The zero-order valence-corrected chi connectivity index (χ0v) is 19.7. The van der Waals surface area contributed by atoms with E-state index in [1.165, 1.54) is 0 Å². The van der Waals surface area contributed by atoms with Gasteiger partial charge >= 0.3 is 0 Å². The standard InChI is InChI=1S/C21H23BrClN5O4/c1-2-30-17-10-13(11-25-7-8-26-21(29)18-20(24)28-32-27-18)9-15(22)19(17)31-12-14-5-3-4-6-16(14)23/h3-6,9-10,25H,2,7-8,11-12H2,1H3,(H2,24,28)(H,26,29). The molecule has 9 nitrogen and oxygen atoms in total. The van der Waals surface area contributed by atoms with Crippen LogP contribution in [-0.4, -0.2) is 35.9 Å². The normalized spacial score (nSPS) is 10.7. The van der Waals surface area contributed by atoms with Crippen LogP contribution >= 0.6 is 27.5 Å². The predicted molar refractivity (Wildman–Crippen MR) is 124 cm³/mol. The summed E-state index contributed by atoms with van der Waals surface area (Å²) in [6.45, 7) is 4.20. The number of halogens is 2. The molecule has 0 radical (unpaired) electrons. The van der Waals surface area contributed by atoms with Crippen LogP contribution < -0.4 is 25.8 Å². The third-order valence-corrected chi connectivity index (χ3v) is 5.30. The van der Waals surface area contributed by atoms with E-state index >= 15 is 0 Å². The highest BCUT2D eigenvalue weighted by Crippen LogP contribution is 2.37. The van der Waals surface area contributed by atoms with E-state index < -0.39 is 5.91 Å². The quantitative estimate of drug-likeness (QED) is 0.325. The van der Waals surface area contributed by atoms with E-state index in [2.05, 4.69) is 41.5 Å². The molecular formula is C21H23BrClN5O4. The zero-order valence-electron chi connectivity index (χ0n) is 17.4. The number of hydrogen-bond donors (Lipinski definition) is 3. The Bertz CT molecular complexity index is 1060. The van der Waals surface area contributed by atoms with Crippen molar-refractivity contribution in [1.29, 1.82) is 0 Å². The Morgan fingerprint density at radius 3 is 2.75 bits per heavy atom.